The lowest BCUT2D eigenvalue weighted by Gasteiger charge is -2.21. The van der Waals surface area contributed by atoms with Crippen LogP contribution in [0.4, 0.5) is 11.4 Å². The van der Waals surface area contributed by atoms with Crippen molar-refractivity contribution in [3.05, 3.63) is 58.6 Å². The Balaban J connectivity index is 1.85. The van der Waals surface area contributed by atoms with Crippen LogP contribution in [-0.4, -0.2) is 29.9 Å². The fourth-order valence-corrected chi connectivity index (χ4v) is 3.48. The van der Waals surface area contributed by atoms with Crippen molar-refractivity contribution in [2.45, 2.75) is 20.8 Å². The first-order chi connectivity index (χ1) is 12.4. The van der Waals surface area contributed by atoms with Crippen LogP contribution in [0.3, 0.4) is 0 Å². The van der Waals surface area contributed by atoms with Crippen molar-refractivity contribution in [2.24, 2.45) is 0 Å². The number of nitrogens with one attached hydrogen (secondary N) is 1. The molecule has 0 saturated heterocycles. The zero-order valence-electron chi connectivity index (χ0n) is 15.2. The third-order valence-electron chi connectivity index (χ3n) is 3.85. The first-order valence-corrected chi connectivity index (χ1v) is 9.94. The molecule has 2 aromatic rings. The van der Waals surface area contributed by atoms with Crippen LogP contribution < -0.4 is 10.2 Å². The van der Waals surface area contributed by atoms with Crippen molar-refractivity contribution >= 4 is 46.6 Å². The summed E-state index contributed by atoms with van der Waals surface area (Å²) in [5.41, 5.74) is 3.64. The second kappa shape index (κ2) is 9.64. The zero-order valence-corrected chi connectivity index (χ0v) is 16.8. The Morgan fingerprint density at radius 2 is 1.88 bits per heavy atom. The van der Waals surface area contributed by atoms with E-state index in [0.717, 1.165) is 22.5 Å². The number of hydrogen-bond donors (Lipinski definition) is 1. The molecule has 0 aliphatic rings. The molecule has 0 spiro atoms. The second-order valence-corrected chi connectivity index (χ2v) is 7.40. The van der Waals surface area contributed by atoms with E-state index in [9.17, 15) is 9.59 Å². The van der Waals surface area contributed by atoms with Crippen LogP contribution in [0, 0.1) is 13.8 Å². The maximum absolute atomic E-state index is 12.5. The summed E-state index contributed by atoms with van der Waals surface area (Å²) in [6, 6.07) is 13.2. The fraction of sp³-hybridized carbons (Fsp3) is 0.300. The number of anilines is 2. The number of amides is 2. The van der Waals surface area contributed by atoms with Gasteiger partial charge in [0, 0.05) is 22.9 Å². The Labute approximate surface area is 163 Å². The van der Waals surface area contributed by atoms with Crippen LogP contribution in [-0.2, 0) is 9.59 Å². The Hall–Kier alpha value is -1.98. The highest BCUT2D eigenvalue weighted by Gasteiger charge is 2.15. The zero-order chi connectivity index (χ0) is 19.1. The highest BCUT2D eigenvalue weighted by atomic mass is 35.5. The number of halogens is 1. The average Bonchev–Trinajstić information content (AvgIpc) is 2.58. The lowest BCUT2D eigenvalue weighted by atomic mass is 10.2. The molecule has 0 radical (unpaired) electrons. The Morgan fingerprint density at radius 1 is 1.12 bits per heavy atom. The largest absolute Gasteiger partial charge is 0.325 e. The third-order valence-corrected chi connectivity index (χ3v) is 5.00. The quantitative estimate of drug-likeness (QED) is 0.746. The van der Waals surface area contributed by atoms with Gasteiger partial charge in [-0.05, 0) is 62.2 Å². The van der Waals surface area contributed by atoms with Crippen LogP contribution in [0.25, 0.3) is 0 Å². The van der Waals surface area contributed by atoms with Crippen LogP contribution >= 0.6 is 23.4 Å². The number of thioether (sulfide) groups is 1. The monoisotopic (exact) mass is 390 g/mol. The smallest absolute Gasteiger partial charge is 0.236 e. The van der Waals surface area contributed by atoms with E-state index in [1.165, 1.54) is 11.8 Å². The van der Waals surface area contributed by atoms with E-state index in [2.05, 4.69) is 5.32 Å². The van der Waals surface area contributed by atoms with E-state index in [1.807, 2.05) is 45.0 Å². The molecule has 4 nitrogen and oxygen atoms in total. The van der Waals surface area contributed by atoms with Gasteiger partial charge in [-0.25, -0.2) is 0 Å². The van der Waals surface area contributed by atoms with Crippen LogP contribution in [0.2, 0.25) is 5.02 Å². The highest BCUT2D eigenvalue weighted by molar-refractivity contribution is 8.00. The summed E-state index contributed by atoms with van der Waals surface area (Å²) < 4.78 is 0. The van der Waals surface area contributed by atoms with Gasteiger partial charge in [0.1, 0.15) is 0 Å². The van der Waals surface area contributed by atoms with Gasteiger partial charge in [-0.3, -0.25) is 9.59 Å². The first kappa shape index (κ1) is 20.3. The van der Waals surface area contributed by atoms with Gasteiger partial charge in [0.15, 0.2) is 0 Å². The van der Waals surface area contributed by atoms with Gasteiger partial charge in [-0.15, -0.1) is 11.8 Å². The molecule has 1 N–H and O–H groups in total. The summed E-state index contributed by atoms with van der Waals surface area (Å²) in [5, 5.41) is 3.49. The predicted octanol–water partition coefficient (Wildman–Crippen LogP) is 4.68. The fourth-order valence-electron chi connectivity index (χ4n) is 2.56. The maximum atomic E-state index is 12.5. The summed E-state index contributed by atoms with van der Waals surface area (Å²) in [5.74, 6) is 0.346. The molecule has 2 rings (SSSR count). The van der Waals surface area contributed by atoms with Crippen molar-refractivity contribution in [3.63, 3.8) is 0 Å². The minimum Gasteiger partial charge on any atom is -0.325 e. The topological polar surface area (TPSA) is 49.4 Å². The van der Waals surface area contributed by atoms with Gasteiger partial charge in [0.2, 0.25) is 11.8 Å². The standard InChI is InChI=1S/C20H23ClN2O2S/c1-4-23(17-7-5-6-14(2)10-17)20(25)13-26-12-19(24)22-18-9-8-16(21)11-15(18)3/h5-11H,4,12-13H2,1-3H3,(H,22,24). The number of benzene rings is 2. The minimum absolute atomic E-state index is 0.00132. The number of nitrogens with zero attached hydrogens (tertiary/aromatic N) is 1. The van der Waals surface area contributed by atoms with Crippen LogP contribution in [0.5, 0.6) is 0 Å². The van der Waals surface area contributed by atoms with E-state index in [-0.39, 0.29) is 23.3 Å². The second-order valence-electron chi connectivity index (χ2n) is 5.98. The van der Waals surface area contributed by atoms with Gasteiger partial charge < -0.3 is 10.2 Å². The molecule has 0 heterocycles. The molecule has 26 heavy (non-hydrogen) atoms. The van der Waals surface area contributed by atoms with E-state index >= 15 is 0 Å². The van der Waals surface area contributed by atoms with E-state index < -0.39 is 0 Å². The van der Waals surface area contributed by atoms with E-state index in [0.29, 0.717) is 11.6 Å². The lowest BCUT2D eigenvalue weighted by Crippen LogP contribution is -2.32. The maximum Gasteiger partial charge on any atom is 0.236 e. The van der Waals surface area contributed by atoms with E-state index in [1.54, 1.807) is 23.1 Å². The number of hydrogen-bond acceptors (Lipinski definition) is 3. The number of rotatable bonds is 7. The minimum atomic E-state index is -0.133. The van der Waals surface area contributed by atoms with Gasteiger partial charge in [-0.1, -0.05) is 23.7 Å². The molecule has 2 amide bonds. The Morgan fingerprint density at radius 3 is 2.54 bits per heavy atom. The lowest BCUT2D eigenvalue weighted by molar-refractivity contribution is -0.116. The molecular weight excluding hydrogens is 368 g/mol. The molecule has 0 fully saturated rings. The van der Waals surface area contributed by atoms with Crippen LogP contribution in [0.15, 0.2) is 42.5 Å². The molecular formula is C20H23ClN2O2S. The van der Waals surface area contributed by atoms with Crippen molar-refractivity contribution in [1.29, 1.82) is 0 Å². The molecule has 0 saturated carbocycles. The Kier molecular flexibility index (Phi) is 7.54. The number of carbonyl (C=O) groups is 2. The predicted molar refractivity (Wildman–Crippen MR) is 111 cm³/mol. The number of carbonyl (C=O) groups excluding carboxylic acids is 2. The molecule has 0 bridgehead atoms. The summed E-state index contributed by atoms with van der Waals surface area (Å²) in [6.07, 6.45) is 0. The molecule has 6 heteroatoms. The normalized spacial score (nSPS) is 10.5. The van der Waals surface area contributed by atoms with Gasteiger partial charge in [0.05, 0.1) is 11.5 Å². The first-order valence-electron chi connectivity index (χ1n) is 8.41. The third kappa shape index (κ3) is 5.78. The average molecular weight is 391 g/mol. The highest BCUT2D eigenvalue weighted by Crippen LogP contribution is 2.20. The van der Waals surface area contributed by atoms with Gasteiger partial charge >= 0.3 is 0 Å². The molecule has 138 valence electrons. The molecule has 0 unspecified atom stereocenters. The van der Waals surface area contributed by atoms with Crippen molar-refractivity contribution in [1.82, 2.24) is 0 Å². The summed E-state index contributed by atoms with van der Waals surface area (Å²) in [4.78, 5) is 26.3. The molecule has 2 aromatic carbocycles. The van der Waals surface area contributed by atoms with Crippen molar-refractivity contribution in [3.8, 4) is 0 Å². The van der Waals surface area contributed by atoms with Gasteiger partial charge in [-0.2, -0.15) is 0 Å². The van der Waals surface area contributed by atoms with E-state index in [4.69, 9.17) is 11.6 Å². The SMILES string of the molecule is CCN(C(=O)CSCC(=O)Nc1ccc(Cl)cc1C)c1cccc(C)c1. The van der Waals surface area contributed by atoms with Crippen molar-refractivity contribution in [2.75, 3.05) is 28.3 Å². The number of aryl methyl sites for hydroxylation is 2. The summed E-state index contributed by atoms with van der Waals surface area (Å²) in [7, 11) is 0. The molecule has 0 aliphatic heterocycles. The molecule has 0 atom stereocenters. The summed E-state index contributed by atoms with van der Waals surface area (Å²) in [6.45, 7) is 6.43. The Bertz CT molecular complexity index is 795. The molecule has 0 aliphatic carbocycles. The molecule has 0 aromatic heterocycles. The summed E-state index contributed by atoms with van der Waals surface area (Å²) >= 11 is 7.23. The van der Waals surface area contributed by atoms with Crippen molar-refractivity contribution < 1.29 is 9.59 Å². The van der Waals surface area contributed by atoms with Gasteiger partial charge in [0.25, 0.3) is 0 Å². The van der Waals surface area contributed by atoms with Crippen LogP contribution in [0.1, 0.15) is 18.1 Å².